The number of hydrogen-bond donors (Lipinski definition) is 2. The number of nitrogens with zero attached hydrogens (tertiary/aromatic N) is 1. The normalized spacial score (nSPS) is 34.6. The summed E-state index contributed by atoms with van der Waals surface area (Å²) in [6.07, 6.45) is 3.05. The molecule has 2 aliphatic heterocycles. The second-order valence-electron chi connectivity index (χ2n) is 6.53. The molecular weight excluding hydrogens is 260 g/mol. The molecule has 0 aromatic rings. The summed E-state index contributed by atoms with van der Waals surface area (Å²) < 4.78 is 5.64. The van der Waals surface area contributed by atoms with Gasteiger partial charge in [-0.3, -0.25) is 4.79 Å². The van der Waals surface area contributed by atoms with Gasteiger partial charge < -0.3 is 20.1 Å². The number of amides is 1. The van der Waals surface area contributed by atoms with E-state index < -0.39 is 12.0 Å². The van der Waals surface area contributed by atoms with Crippen molar-refractivity contribution in [2.24, 2.45) is 11.8 Å². The lowest BCUT2D eigenvalue weighted by atomic mass is 9.94. The molecule has 2 saturated heterocycles. The van der Waals surface area contributed by atoms with Gasteiger partial charge in [0.05, 0.1) is 5.60 Å². The number of carbonyl (C=O) groups is 2. The maximum atomic E-state index is 12.3. The van der Waals surface area contributed by atoms with E-state index in [2.05, 4.69) is 5.32 Å². The summed E-state index contributed by atoms with van der Waals surface area (Å²) in [4.78, 5) is 25.3. The molecule has 6 nitrogen and oxygen atoms in total. The van der Waals surface area contributed by atoms with E-state index in [9.17, 15) is 14.7 Å². The van der Waals surface area contributed by atoms with Crippen molar-refractivity contribution in [1.29, 1.82) is 0 Å². The van der Waals surface area contributed by atoms with Gasteiger partial charge in [-0.2, -0.15) is 0 Å². The number of carboxylic acids is 1. The van der Waals surface area contributed by atoms with E-state index in [0.717, 1.165) is 32.4 Å². The van der Waals surface area contributed by atoms with Crippen LogP contribution in [0.15, 0.2) is 0 Å². The van der Waals surface area contributed by atoms with Gasteiger partial charge in [0.2, 0.25) is 5.91 Å². The molecule has 3 aliphatic rings. The van der Waals surface area contributed by atoms with Crippen molar-refractivity contribution in [2.45, 2.75) is 37.8 Å². The van der Waals surface area contributed by atoms with Crippen LogP contribution in [0.2, 0.25) is 0 Å². The van der Waals surface area contributed by atoms with Gasteiger partial charge in [0.15, 0.2) is 0 Å². The average Bonchev–Trinajstić information content (AvgIpc) is 2.92. The number of carboxylic acid groups (broad SMARTS) is 1. The summed E-state index contributed by atoms with van der Waals surface area (Å²) in [6.45, 7) is 4.02. The number of rotatable bonds is 4. The van der Waals surface area contributed by atoms with E-state index in [0.29, 0.717) is 12.5 Å². The Hall–Kier alpha value is -1.14. The van der Waals surface area contributed by atoms with E-state index in [4.69, 9.17) is 4.74 Å². The average molecular weight is 282 g/mol. The summed E-state index contributed by atoms with van der Waals surface area (Å²) in [5.41, 5.74) is -0.274. The zero-order chi connectivity index (χ0) is 14.3. The summed E-state index contributed by atoms with van der Waals surface area (Å²) in [5.74, 6) is -0.553. The van der Waals surface area contributed by atoms with Crippen LogP contribution in [0.4, 0.5) is 0 Å². The fourth-order valence-electron chi connectivity index (χ4n) is 3.78. The van der Waals surface area contributed by atoms with Crippen molar-refractivity contribution in [3.63, 3.8) is 0 Å². The van der Waals surface area contributed by atoms with Crippen LogP contribution in [0.3, 0.4) is 0 Å². The van der Waals surface area contributed by atoms with E-state index in [1.807, 2.05) is 6.92 Å². The Bertz CT molecular complexity index is 421. The molecule has 0 radical (unpaired) electrons. The third-order valence-electron chi connectivity index (χ3n) is 5.01. The predicted octanol–water partition coefficient (Wildman–Crippen LogP) is 0.0766. The molecule has 0 spiro atoms. The number of carbonyl (C=O) groups excluding carboxylic acids is 1. The van der Waals surface area contributed by atoms with Crippen molar-refractivity contribution in [2.75, 3.05) is 26.2 Å². The van der Waals surface area contributed by atoms with Gasteiger partial charge in [0, 0.05) is 19.6 Å². The highest BCUT2D eigenvalue weighted by Crippen LogP contribution is 2.42. The highest BCUT2D eigenvalue weighted by molar-refractivity contribution is 5.85. The van der Waals surface area contributed by atoms with Crippen molar-refractivity contribution >= 4 is 11.9 Å². The number of ether oxygens (including phenoxy) is 1. The summed E-state index contributed by atoms with van der Waals surface area (Å²) in [6, 6.07) is -0.647. The molecule has 20 heavy (non-hydrogen) atoms. The quantitative estimate of drug-likeness (QED) is 0.763. The van der Waals surface area contributed by atoms with Crippen molar-refractivity contribution in [1.82, 2.24) is 10.2 Å². The number of likely N-dealkylation sites (tertiary alicyclic amines) is 1. The number of nitrogens with one attached hydrogen (secondary N) is 1. The van der Waals surface area contributed by atoms with Gasteiger partial charge in [-0.1, -0.05) is 6.42 Å². The Kier molecular flexibility index (Phi) is 3.46. The van der Waals surface area contributed by atoms with Crippen LogP contribution in [-0.4, -0.2) is 59.8 Å². The van der Waals surface area contributed by atoms with Gasteiger partial charge in [-0.25, -0.2) is 4.79 Å². The molecule has 3 fully saturated rings. The van der Waals surface area contributed by atoms with Crippen LogP contribution in [0.1, 0.15) is 26.2 Å². The Labute approximate surface area is 118 Å². The van der Waals surface area contributed by atoms with E-state index in [-0.39, 0.29) is 24.0 Å². The second-order valence-corrected chi connectivity index (χ2v) is 6.53. The lowest BCUT2D eigenvalue weighted by Gasteiger charge is -2.39. The molecule has 0 bridgehead atoms. The van der Waals surface area contributed by atoms with E-state index in [1.165, 1.54) is 4.90 Å². The number of fused-ring (bicyclic) bond motifs is 1. The zero-order valence-corrected chi connectivity index (χ0v) is 11.8. The Morgan fingerprint density at radius 3 is 2.75 bits per heavy atom. The standard InChI is InChI=1S/C14H22N2O4/c1-14(7-15-8-14)20-6-11(17)16-5-9-3-2-4-10(9)12(16)13(18)19/h9-10,12,15H,2-8H2,1H3,(H,18,19). The Morgan fingerprint density at radius 2 is 2.15 bits per heavy atom. The van der Waals surface area contributed by atoms with Crippen LogP contribution < -0.4 is 5.32 Å². The van der Waals surface area contributed by atoms with Gasteiger partial charge in [-0.15, -0.1) is 0 Å². The smallest absolute Gasteiger partial charge is 0.326 e. The third kappa shape index (κ3) is 2.31. The monoisotopic (exact) mass is 282 g/mol. The zero-order valence-electron chi connectivity index (χ0n) is 11.8. The molecule has 2 N–H and O–H groups in total. The van der Waals surface area contributed by atoms with Crippen molar-refractivity contribution in [3.05, 3.63) is 0 Å². The van der Waals surface area contributed by atoms with Gasteiger partial charge in [0.25, 0.3) is 0 Å². The van der Waals surface area contributed by atoms with Crippen LogP contribution in [0.25, 0.3) is 0 Å². The first-order chi connectivity index (χ1) is 9.50. The van der Waals surface area contributed by atoms with E-state index >= 15 is 0 Å². The van der Waals surface area contributed by atoms with E-state index in [1.54, 1.807) is 0 Å². The van der Waals surface area contributed by atoms with Gasteiger partial charge in [-0.05, 0) is 31.6 Å². The topological polar surface area (TPSA) is 78.9 Å². The molecule has 1 amide bonds. The molecule has 0 aromatic carbocycles. The highest BCUT2D eigenvalue weighted by Gasteiger charge is 2.49. The van der Waals surface area contributed by atoms with Gasteiger partial charge >= 0.3 is 5.97 Å². The van der Waals surface area contributed by atoms with Crippen LogP contribution in [0, 0.1) is 11.8 Å². The Morgan fingerprint density at radius 1 is 1.40 bits per heavy atom. The summed E-state index contributed by atoms with van der Waals surface area (Å²) in [7, 11) is 0. The predicted molar refractivity (Wildman–Crippen MR) is 71.2 cm³/mol. The number of hydrogen-bond acceptors (Lipinski definition) is 4. The lowest BCUT2D eigenvalue weighted by molar-refractivity contribution is -0.155. The molecule has 1 aliphatic carbocycles. The van der Waals surface area contributed by atoms with Crippen LogP contribution >= 0.6 is 0 Å². The van der Waals surface area contributed by atoms with Crippen molar-refractivity contribution < 1.29 is 19.4 Å². The second kappa shape index (κ2) is 5.00. The highest BCUT2D eigenvalue weighted by atomic mass is 16.5. The third-order valence-corrected chi connectivity index (χ3v) is 5.01. The maximum Gasteiger partial charge on any atom is 0.326 e. The first-order valence-electron chi connectivity index (χ1n) is 7.37. The minimum Gasteiger partial charge on any atom is -0.480 e. The molecule has 112 valence electrons. The molecule has 2 heterocycles. The first kappa shape index (κ1) is 13.8. The minimum absolute atomic E-state index is 0.0125. The van der Waals surface area contributed by atoms with Gasteiger partial charge in [0.1, 0.15) is 12.6 Å². The molecule has 0 aromatic heterocycles. The Balaban J connectivity index is 1.63. The molecule has 3 atom stereocenters. The molecule has 1 saturated carbocycles. The largest absolute Gasteiger partial charge is 0.480 e. The number of aliphatic carboxylic acids is 1. The molecule has 6 heteroatoms. The lowest BCUT2D eigenvalue weighted by Crippen LogP contribution is -2.60. The van der Waals surface area contributed by atoms with Crippen LogP contribution in [-0.2, 0) is 14.3 Å². The summed E-state index contributed by atoms with van der Waals surface area (Å²) >= 11 is 0. The first-order valence-corrected chi connectivity index (χ1v) is 7.37. The fraction of sp³-hybridized carbons (Fsp3) is 0.857. The molecule has 3 rings (SSSR count). The molecular formula is C14H22N2O4. The van der Waals surface area contributed by atoms with Crippen molar-refractivity contribution in [3.8, 4) is 0 Å². The fourth-order valence-corrected chi connectivity index (χ4v) is 3.78. The molecule has 3 unspecified atom stereocenters. The summed E-state index contributed by atoms with van der Waals surface area (Å²) in [5, 5.41) is 12.5. The van der Waals surface area contributed by atoms with Crippen LogP contribution in [0.5, 0.6) is 0 Å². The minimum atomic E-state index is -0.871. The SMILES string of the molecule is CC1(OCC(=O)N2CC3CCCC3C2C(=O)O)CNC1. The maximum absolute atomic E-state index is 12.3.